The molecule has 0 atom stereocenters. The van der Waals surface area contributed by atoms with Gasteiger partial charge < -0.3 is 10.5 Å². The fourth-order valence-corrected chi connectivity index (χ4v) is 2.53. The lowest BCUT2D eigenvalue weighted by Gasteiger charge is -2.22. The Morgan fingerprint density at radius 1 is 1.22 bits per heavy atom. The van der Waals surface area contributed by atoms with Crippen LogP contribution in [0.4, 0.5) is 0 Å². The Bertz CT molecular complexity index is 243. The van der Waals surface area contributed by atoms with E-state index in [9.17, 15) is 0 Å². The Labute approximate surface area is 112 Å². The van der Waals surface area contributed by atoms with E-state index >= 15 is 0 Å². The van der Waals surface area contributed by atoms with Gasteiger partial charge in [0, 0.05) is 18.6 Å². The quantitative estimate of drug-likeness (QED) is 0.315. The van der Waals surface area contributed by atoms with E-state index in [0.29, 0.717) is 0 Å². The molecule has 0 amide bonds. The van der Waals surface area contributed by atoms with Crippen molar-refractivity contribution in [3.8, 4) is 0 Å². The number of hydrogen-bond acceptors (Lipinski definition) is 2. The van der Waals surface area contributed by atoms with Gasteiger partial charge in [-0.2, -0.15) is 0 Å². The summed E-state index contributed by atoms with van der Waals surface area (Å²) < 4.78 is 5.79. The van der Waals surface area contributed by atoms with Crippen molar-refractivity contribution in [3.05, 3.63) is 0 Å². The molecule has 0 aromatic rings. The first-order chi connectivity index (χ1) is 8.52. The van der Waals surface area contributed by atoms with Gasteiger partial charge in [0.15, 0.2) is 0 Å². The summed E-state index contributed by atoms with van der Waals surface area (Å²) in [5.74, 6) is 1.07. The molecule has 0 heterocycles. The number of hydrogen-bond donors (Lipinski definition) is 2. The third kappa shape index (κ3) is 5.85. The van der Waals surface area contributed by atoms with E-state index in [1.807, 2.05) is 13.8 Å². The summed E-state index contributed by atoms with van der Waals surface area (Å²) in [6, 6.07) is 0. The maximum Gasteiger partial charge on any atom is 0.0963 e. The van der Waals surface area contributed by atoms with Crippen LogP contribution >= 0.6 is 0 Å². The van der Waals surface area contributed by atoms with Crippen LogP contribution in [-0.2, 0) is 4.74 Å². The highest BCUT2D eigenvalue weighted by molar-refractivity contribution is 5.82. The van der Waals surface area contributed by atoms with Crippen LogP contribution < -0.4 is 5.73 Å². The van der Waals surface area contributed by atoms with E-state index in [2.05, 4.69) is 0 Å². The Balaban J connectivity index is 2.06. The Hall–Kier alpha value is -0.570. The Morgan fingerprint density at radius 2 is 1.83 bits per heavy atom. The second-order valence-corrected chi connectivity index (χ2v) is 6.33. The maximum atomic E-state index is 7.50. The van der Waals surface area contributed by atoms with Gasteiger partial charge in [-0.25, -0.2) is 0 Å². The van der Waals surface area contributed by atoms with Crippen LogP contribution in [-0.4, -0.2) is 19.0 Å². The van der Waals surface area contributed by atoms with Gasteiger partial charge in [-0.1, -0.05) is 39.5 Å². The van der Waals surface area contributed by atoms with Crippen molar-refractivity contribution in [2.75, 3.05) is 13.2 Å². The molecule has 1 aliphatic rings. The molecular formula is C15H30N2O. The molecule has 0 radical (unpaired) electrons. The molecule has 106 valence electrons. The largest absolute Gasteiger partial charge is 0.387 e. The van der Waals surface area contributed by atoms with Gasteiger partial charge in [0.2, 0.25) is 0 Å². The van der Waals surface area contributed by atoms with Crippen molar-refractivity contribution in [1.29, 1.82) is 5.41 Å². The molecule has 1 aliphatic carbocycles. The average molecular weight is 254 g/mol. The number of amidine groups is 1. The molecule has 0 saturated heterocycles. The van der Waals surface area contributed by atoms with E-state index in [1.54, 1.807) is 0 Å². The maximum absolute atomic E-state index is 7.50. The van der Waals surface area contributed by atoms with Gasteiger partial charge >= 0.3 is 0 Å². The van der Waals surface area contributed by atoms with Gasteiger partial charge in [-0.05, 0) is 31.6 Å². The highest BCUT2D eigenvalue weighted by Crippen LogP contribution is 2.24. The summed E-state index contributed by atoms with van der Waals surface area (Å²) >= 11 is 0. The average Bonchev–Trinajstić information content (AvgIpc) is 2.57. The zero-order valence-corrected chi connectivity index (χ0v) is 12.1. The van der Waals surface area contributed by atoms with Crippen molar-refractivity contribution in [1.82, 2.24) is 0 Å². The highest BCUT2D eigenvalue weighted by atomic mass is 16.5. The molecule has 0 aliphatic heterocycles. The summed E-state index contributed by atoms with van der Waals surface area (Å²) in [6.45, 7) is 5.80. The molecule has 3 N–H and O–H groups in total. The third-order valence-electron chi connectivity index (χ3n) is 4.15. The molecule has 0 spiro atoms. The van der Waals surface area contributed by atoms with Gasteiger partial charge in [0.25, 0.3) is 0 Å². The minimum Gasteiger partial charge on any atom is -0.387 e. The molecule has 0 bridgehead atoms. The molecule has 0 aromatic carbocycles. The van der Waals surface area contributed by atoms with Crippen LogP contribution in [0, 0.1) is 16.7 Å². The van der Waals surface area contributed by atoms with Gasteiger partial charge in [0.05, 0.1) is 5.84 Å². The number of nitrogens with one attached hydrogen (secondary N) is 1. The van der Waals surface area contributed by atoms with Crippen LogP contribution in [0.5, 0.6) is 0 Å². The van der Waals surface area contributed by atoms with E-state index in [0.717, 1.165) is 32.0 Å². The topological polar surface area (TPSA) is 59.1 Å². The standard InChI is InChI=1S/C15H30N2O/c1-15(2,14(16)17)10-7-11-18-12-13-8-5-3-4-6-9-13/h13H,3-12H2,1-2H3,(H3,16,17). The van der Waals surface area contributed by atoms with E-state index in [1.165, 1.54) is 38.5 Å². The van der Waals surface area contributed by atoms with E-state index < -0.39 is 0 Å². The Morgan fingerprint density at radius 3 is 2.39 bits per heavy atom. The molecular weight excluding hydrogens is 224 g/mol. The van der Waals surface area contributed by atoms with Crippen LogP contribution in [0.2, 0.25) is 0 Å². The predicted molar refractivity (Wildman–Crippen MR) is 76.9 cm³/mol. The molecule has 1 fully saturated rings. The summed E-state index contributed by atoms with van der Waals surface area (Å²) in [7, 11) is 0. The summed E-state index contributed by atoms with van der Waals surface area (Å²) in [4.78, 5) is 0. The van der Waals surface area contributed by atoms with Gasteiger partial charge in [-0.3, -0.25) is 5.41 Å². The van der Waals surface area contributed by atoms with Crippen LogP contribution in [0.1, 0.15) is 65.2 Å². The summed E-state index contributed by atoms with van der Waals surface area (Å²) in [5.41, 5.74) is 5.39. The molecule has 0 aromatic heterocycles. The number of nitrogens with two attached hydrogens (primary N) is 1. The monoisotopic (exact) mass is 254 g/mol. The minimum atomic E-state index is -0.175. The number of rotatable bonds is 7. The van der Waals surface area contributed by atoms with E-state index in [4.69, 9.17) is 15.9 Å². The molecule has 3 heteroatoms. The minimum absolute atomic E-state index is 0.175. The van der Waals surface area contributed by atoms with Crippen molar-refractivity contribution in [3.63, 3.8) is 0 Å². The lowest BCUT2D eigenvalue weighted by Crippen LogP contribution is -2.31. The lowest BCUT2D eigenvalue weighted by atomic mass is 9.87. The Kier molecular flexibility index (Phi) is 6.69. The van der Waals surface area contributed by atoms with Crippen molar-refractivity contribution < 1.29 is 4.74 Å². The van der Waals surface area contributed by atoms with Gasteiger partial charge in [0.1, 0.15) is 0 Å². The molecule has 3 nitrogen and oxygen atoms in total. The van der Waals surface area contributed by atoms with Gasteiger partial charge in [-0.15, -0.1) is 0 Å². The summed E-state index contributed by atoms with van der Waals surface area (Å²) in [6.07, 6.45) is 10.2. The SMILES string of the molecule is CC(C)(CCCOCC1CCCCCC1)C(=N)N. The third-order valence-corrected chi connectivity index (χ3v) is 4.15. The van der Waals surface area contributed by atoms with Crippen LogP contribution in [0.3, 0.4) is 0 Å². The zero-order valence-electron chi connectivity index (χ0n) is 12.1. The molecule has 1 rings (SSSR count). The van der Waals surface area contributed by atoms with Crippen molar-refractivity contribution >= 4 is 5.84 Å². The lowest BCUT2D eigenvalue weighted by molar-refractivity contribution is 0.0878. The highest BCUT2D eigenvalue weighted by Gasteiger charge is 2.20. The second-order valence-electron chi connectivity index (χ2n) is 6.33. The number of ether oxygens (including phenoxy) is 1. The first-order valence-corrected chi connectivity index (χ1v) is 7.44. The van der Waals surface area contributed by atoms with Crippen LogP contribution in [0.25, 0.3) is 0 Å². The summed E-state index contributed by atoms with van der Waals surface area (Å²) in [5, 5.41) is 7.50. The fraction of sp³-hybridized carbons (Fsp3) is 0.933. The smallest absolute Gasteiger partial charge is 0.0963 e. The second kappa shape index (κ2) is 7.78. The van der Waals surface area contributed by atoms with Crippen LogP contribution in [0.15, 0.2) is 0 Å². The molecule has 0 unspecified atom stereocenters. The van der Waals surface area contributed by atoms with Crippen molar-refractivity contribution in [2.24, 2.45) is 17.1 Å². The normalized spacial score (nSPS) is 18.6. The first kappa shape index (κ1) is 15.5. The molecule has 1 saturated carbocycles. The van der Waals surface area contributed by atoms with E-state index in [-0.39, 0.29) is 11.3 Å². The molecule has 18 heavy (non-hydrogen) atoms. The predicted octanol–water partition coefficient (Wildman–Crippen LogP) is 3.72. The van der Waals surface area contributed by atoms with Crippen molar-refractivity contribution in [2.45, 2.75) is 65.2 Å². The fourth-order valence-electron chi connectivity index (χ4n) is 2.53. The zero-order chi connectivity index (χ0) is 13.4. The first-order valence-electron chi connectivity index (χ1n) is 7.44.